The van der Waals surface area contributed by atoms with Crippen molar-refractivity contribution in [2.75, 3.05) is 0 Å². The summed E-state index contributed by atoms with van der Waals surface area (Å²) in [6.45, 7) is 5.62. The fourth-order valence-electron chi connectivity index (χ4n) is 3.99. The smallest absolute Gasteiger partial charge is 0.299 e. The highest BCUT2D eigenvalue weighted by Gasteiger charge is 2.13. The predicted molar refractivity (Wildman–Crippen MR) is 124 cm³/mol. The van der Waals surface area contributed by atoms with E-state index in [1.807, 2.05) is 27.6 Å². The van der Waals surface area contributed by atoms with E-state index in [-0.39, 0.29) is 5.69 Å². The molecule has 1 aromatic carbocycles. The number of hydrogen-bond donors (Lipinski definition) is 1. The van der Waals surface area contributed by atoms with Gasteiger partial charge in [0.05, 0.1) is 6.54 Å². The molecule has 8 nitrogen and oxygen atoms in total. The van der Waals surface area contributed by atoms with Crippen LogP contribution in [0.3, 0.4) is 0 Å². The Morgan fingerprint density at radius 2 is 1.84 bits per heavy atom. The van der Waals surface area contributed by atoms with Crippen LogP contribution in [0, 0.1) is 0 Å². The van der Waals surface area contributed by atoms with E-state index in [4.69, 9.17) is 0 Å². The number of rotatable bonds is 10. The second-order valence-corrected chi connectivity index (χ2v) is 8.01. The molecule has 3 aromatic heterocycles. The van der Waals surface area contributed by atoms with Gasteiger partial charge in [0.1, 0.15) is 0 Å². The van der Waals surface area contributed by atoms with Crippen molar-refractivity contribution in [1.82, 2.24) is 34.7 Å². The molecular formula is C24H29N7O. The van der Waals surface area contributed by atoms with Crippen LogP contribution in [-0.2, 0) is 19.5 Å². The van der Waals surface area contributed by atoms with Gasteiger partial charge in [-0.3, -0.25) is 14.1 Å². The van der Waals surface area contributed by atoms with Gasteiger partial charge >= 0.3 is 5.69 Å². The molecule has 8 heteroatoms. The number of aromatic amines is 1. The van der Waals surface area contributed by atoms with Gasteiger partial charge in [-0.25, -0.2) is 9.89 Å². The molecule has 4 aromatic rings. The maximum Gasteiger partial charge on any atom is 0.328 e. The van der Waals surface area contributed by atoms with Gasteiger partial charge in [0, 0.05) is 42.0 Å². The van der Waals surface area contributed by atoms with Gasteiger partial charge in [-0.1, -0.05) is 51.0 Å². The Labute approximate surface area is 187 Å². The zero-order chi connectivity index (χ0) is 22.3. The van der Waals surface area contributed by atoms with Gasteiger partial charge < -0.3 is 0 Å². The van der Waals surface area contributed by atoms with Crippen molar-refractivity contribution < 1.29 is 0 Å². The Bertz CT molecular complexity index is 1190. The highest BCUT2D eigenvalue weighted by Crippen LogP contribution is 2.29. The van der Waals surface area contributed by atoms with Crippen LogP contribution in [0.25, 0.3) is 22.5 Å². The predicted octanol–water partition coefficient (Wildman–Crippen LogP) is 4.08. The van der Waals surface area contributed by atoms with Crippen LogP contribution in [-0.4, -0.2) is 34.7 Å². The summed E-state index contributed by atoms with van der Waals surface area (Å²) in [4.78, 5) is 17.2. The zero-order valence-electron chi connectivity index (χ0n) is 18.7. The van der Waals surface area contributed by atoms with Gasteiger partial charge in [-0.05, 0) is 46.9 Å². The number of benzene rings is 1. The van der Waals surface area contributed by atoms with Crippen LogP contribution < -0.4 is 5.69 Å². The summed E-state index contributed by atoms with van der Waals surface area (Å²) in [6, 6.07) is 10.2. The molecule has 0 saturated carbocycles. The zero-order valence-corrected chi connectivity index (χ0v) is 18.7. The lowest BCUT2D eigenvalue weighted by Crippen LogP contribution is -2.25. The third-order valence-electron chi connectivity index (χ3n) is 5.66. The molecule has 0 fully saturated rings. The summed E-state index contributed by atoms with van der Waals surface area (Å²) in [5.41, 5.74) is 5.15. The lowest BCUT2D eigenvalue weighted by atomic mass is 10.0. The molecule has 0 spiro atoms. The van der Waals surface area contributed by atoms with E-state index in [2.05, 4.69) is 63.7 Å². The van der Waals surface area contributed by atoms with Gasteiger partial charge in [0.2, 0.25) is 0 Å². The van der Waals surface area contributed by atoms with E-state index in [1.54, 1.807) is 6.20 Å². The van der Waals surface area contributed by atoms with Crippen LogP contribution >= 0.6 is 0 Å². The van der Waals surface area contributed by atoms with Gasteiger partial charge in [0.25, 0.3) is 0 Å². The van der Waals surface area contributed by atoms with Gasteiger partial charge in [-0.2, -0.15) is 0 Å². The summed E-state index contributed by atoms with van der Waals surface area (Å²) >= 11 is 0. The largest absolute Gasteiger partial charge is 0.328 e. The molecule has 0 aliphatic rings. The maximum absolute atomic E-state index is 13.0. The quantitative estimate of drug-likeness (QED) is 0.382. The molecule has 1 N–H and O–H groups in total. The van der Waals surface area contributed by atoms with Crippen molar-refractivity contribution in [3.05, 3.63) is 70.7 Å². The summed E-state index contributed by atoms with van der Waals surface area (Å²) in [6.07, 6.45) is 10.9. The van der Waals surface area contributed by atoms with Crippen molar-refractivity contribution in [3.8, 4) is 22.5 Å². The standard InChI is InChI=1S/C24H29N7O/c1-3-5-6-7-20-17-30(14-4-2)24(32)31(20)16-18-8-10-19(11-9-18)22-15-25-13-12-21(22)23-26-28-29-27-23/h8-13,15,17H,3-7,14,16H2,1-2H3,(H,26,27,28,29). The Morgan fingerprint density at radius 3 is 2.56 bits per heavy atom. The third kappa shape index (κ3) is 4.69. The summed E-state index contributed by atoms with van der Waals surface area (Å²) in [5, 5.41) is 14.2. The van der Waals surface area contributed by atoms with Crippen molar-refractivity contribution in [1.29, 1.82) is 0 Å². The van der Waals surface area contributed by atoms with Crippen molar-refractivity contribution >= 4 is 0 Å². The molecule has 0 atom stereocenters. The van der Waals surface area contributed by atoms with Gasteiger partial charge in [-0.15, -0.1) is 5.10 Å². The molecule has 0 radical (unpaired) electrons. The number of unbranched alkanes of at least 4 members (excludes halogenated alkanes) is 2. The minimum absolute atomic E-state index is 0.0785. The number of hydrogen-bond acceptors (Lipinski definition) is 5. The first-order chi connectivity index (χ1) is 15.7. The SMILES string of the molecule is CCCCCc1cn(CCC)c(=O)n1Cc1ccc(-c2cnccc2-c2nnn[nH]2)cc1. The minimum Gasteiger partial charge on any atom is -0.299 e. The topological polar surface area (TPSA) is 94.3 Å². The van der Waals surface area contributed by atoms with Crippen molar-refractivity contribution in [2.24, 2.45) is 0 Å². The molecule has 0 bridgehead atoms. The molecular weight excluding hydrogens is 402 g/mol. The minimum atomic E-state index is 0.0785. The van der Waals surface area contributed by atoms with E-state index >= 15 is 0 Å². The molecule has 166 valence electrons. The maximum atomic E-state index is 13.0. The molecule has 32 heavy (non-hydrogen) atoms. The number of aryl methyl sites for hydroxylation is 2. The molecule has 4 rings (SSSR count). The number of aromatic nitrogens is 7. The van der Waals surface area contributed by atoms with Crippen LogP contribution in [0.1, 0.15) is 50.8 Å². The van der Waals surface area contributed by atoms with E-state index in [0.29, 0.717) is 12.4 Å². The fourth-order valence-corrected chi connectivity index (χ4v) is 3.99. The number of tetrazole rings is 1. The average molecular weight is 432 g/mol. The Balaban J connectivity index is 1.59. The second kappa shape index (κ2) is 10.2. The summed E-state index contributed by atoms with van der Waals surface area (Å²) in [7, 11) is 0. The Morgan fingerprint density at radius 1 is 1.00 bits per heavy atom. The summed E-state index contributed by atoms with van der Waals surface area (Å²) in [5.74, 6) is 0.604. The molecule has 0 aliphatic heterocycles. The Hall–Kier alpha value is -3.55. The van der Waals surface area contributed by atoms with E-state index in [9.17, 15) is 4.79 Å². The monoisotopic (exact) mass is 431 g/mol. The number of pyridine rings is 1. The first kappa shape index (κ1) is 21.7. The van der Waals surface area contributed by atoms with Crippen molar-refractivity contribution in [2.45, 2.75) is 59.0 Å². The van der Waals surface area contributed by atoms with Crippen LogP contribution in [0.15, 0.2) is 53.7 Å². The van der Waals surface area contributed by atoms with Crippen molar-refractivity contribution in [3.63, 3.8) is 0 Å². The van der Waals surface area contributed by atoms with Crippen LogP contribution in [0.4, 0.5) is 0 Å². The summed E-state index contributed by atoms with van der Waals surface area (Å²) < 4.78 is 3.78. The first-order valence-corrected chi connectivity index (χ1v) is 11.3. The average Bonchev–Trinajstić information content (AvgIpc) is 3.45. The Kier molecular flexibility index (Phi) is 6.89. The van der Waals surface area contributed by atoms with Gasteiger partial charge in [0.15, 0.2) is 5.82 Å². The molecule has 0 aliphatic carbocycles. The first-order valence-electron chi connectivity index (χ1n) is 11.3. The van der Waals surface area contributed by atoms with Crippen LogP contribution in [0.5, 0.6) is 0 Å². The highest BCUT2D eigenvalue weighted by atomic mass is 16.1. The van der Waals surface area contributed by atoms with E-state index in [0.717, 1.165) is 53.8 Å². The number of nitrogens with one attached hydrogen (secondary N) is 1. The molecule has 0 saturated heterocycles. The van der Waals surface area contributed by atoms with E-state index < -0.39 is 0 Å². The molecule has 0 amide bonds. The second-order valence-electron chi connectivity index (χ2n) is 8.01. The number of imidazole rings is 1. The number of nitrogens with zero attached hydrogens (tertiary/aromatic N) is 6. The third-order valence-corrected chi connectivity index (χ3v) is 5.66. The highest BCUT2D eigenvalue weighted by molar-refractivity contribution is 5.79. The molecule has 0 unspecified atom stereocenters. The van der Waals surface area contributed by atoms with Crippen LogP contribution in [0.2, 0.25) is 0 Å². The lowest BCUT2D eigenvalue weighted by molar-refractivity contribution is 0.615. The lowest BCUT2D eigenvalue weighted by Gasteiger charge is -2.10. The number of H-pyrrole nitrogens is 1. The molecule has 3 heterocycles. The van der Waals surface area contributed by atoms with E-state index in [1.165, 1.54) is 12.8 Å². The normalized spacial score (nSPS) is 11.2. The fraction of sp³-hybridized carbons (Fsp3) is 0.375.